The zero-order valence-electron chi connectivity index (χ0n) is 9.86. The first-order chi connectivity index (χ1) is 7.86. The molecular formula is C13H21NO2. The van der Waals surface area contributed by atoms with E-state index in [4.69, 9.17) is 4.74 Å². The molecule has 1 unspecified atom stereocenters. The molecule has 0 aliphatic carbocycles. The Hall–Kier alpha value is -0.900. The first-order valence-electron chi connectivity index (χ1n) is 5.74. The minimum absolute atomic E-state index is 0.138. The molecule has 0 bridgehead atoms. The maximum Gasteiger partial charge on any atom is 0.0587 e. The topological polar surface area (TPSA) is 41.5 Å². The van der Waals surface area contributed by atoms with Crippen LogP contribution in [0.5, 0.6) is 0 Å². The number of nitrogens with one attached hydrogen (secondary N) is 1. The predicted molar refractivity (Wildman–Crippen MR) is 65.5 cm³/mol. The highest BCUT2D eigenvalue weighted by atomic mass is 16.5. The quantitative estimate of drug-likeness (QED) is 0.651. The Morgan fingerprint density at radius 1 is 1.31 bits per heavy atom. The summed E-state index contributed by atoms with van der Waals surface area (Å²) >= 11 is 0. The van der Waals surface area contributed by atoms with Crippen molar-refractivity contribution in [3.63, 3.8) is 0 Å². The molecule has 3 heteroatoms. The predicted octanol–water partition coefficient (Wildman–Crippen LogP) is 1.22. The van der Waals surface area contributed by atoms with Gasteiger partial charge in [-0.25, -0.2) is 0 Å². The summed E-state index contributed by atoms with van der Waals surface area (Å²) in [4.78, 5) is 0. The van der Waals surface area contributed by atoms with Crippen LogP contribution in [0.1, 0.15) is 12.0 Å². The van der Waals surface area contributed by atoms with Gasteiger partial charge in [0.05, 0.1) is 6.61 Å². The second-order valence-corrected chi connectivity index (χ2v) is 3.87. The van der Waals surface area contributed by atoms with Gasteiger partial charge in [-0.1, -0.05) is 30.3 Å². The van der Waals surface area contributed by atoms with Gasteiger partial charge in [0.15, 0.2) is 0 Å². The van der Waals surface area contributed by atoms with Gasteiger partial charge in [0.1, 0.15) is 0 Å². The monoisotopic (exact) mass is 223 g/mol. The molecule has 0 aliphatic rings. The smallest absolute Gasteiger partial charge is 0.0587 e. The van der Waals surface area contributed by atoms with Gasteiger partial charge < -0.3 is 15.2 Å². The Labute approximate surface area is 97.4 Å². The summed E-state index contributed by atoms with van der Waals surface area (Å²) in [6, 6.07) is 10.4. The minimum Gasteiger partial charge on any atom is -0.395 e. The average Bonchev–Trinajstić information content (AvgIpc) is 2.34. The molecule has 16 heavy (non-hydrogen) atoms. The summed E-state index contributed by atoms with van der Waals surface area (Å²) in [6.45, 7) is 1.81. The van der Waals surface area contributed by atoms with E-state index in [1.165, 1.54) is 5.56 Å². The molecule has 0 fully saturated rings. The van der Waals surface area contributed by atoms with Crippen molar-refractivity contribution in [1.82, 2.24) is 5.32 Å². The highest BCUT2D eigenvalue weighted by Crippen LogP contribution is 2.02. The maximum absolute atomic E-state index is 9.25. The molecule has 1 rings (SSSR count). The third-order valence-electron chi connectivity index (χ3n) is 2.50. The summed E-state index contributed by atoms with van der Waals surface area (Å²) in [7, 11) is 1.70. The van der Waals surface area contributed by atoms with Gasteiger partial charge in [-0.05, 0) is 24.9 Å². The molecule has 0 amide bonds. The second kappa shape index (κ2) is 8.28. The number of hydrogen-bond acceptors (Lipinski definition) is 3. The molecule has 0 saturated heterocycles. The molecule has 0 saturated carbocycles. The summed E-state index contributed by atoms with van der Waals surface area (Å²) < 4.78 is 4.97. The molecule has 1 aromatic carbocycles. The molecule has 0 heterocycles. The van der Waals surface area contributed by atoms with E-state index in [1.807, 2.05) is 18.2 Å². The Morgan fingerprint density at radius 2 is 2.06 bits per heavy atom. The van der Waals surface area contributed by atoms with E-state index in [-0.39, 0.29) is 12.6 Å². The SMILES string of the molecule is COCCCNC(CO)Cc1ccccc1. The number of methoxy groups -OCH3 is 1. The van der Waals surface area contributed by atoms with Crippen LogP contribution in [0.3, 0.4) is 0 Å². The Morgan fingerprint density at radius 3 is 2.69 bits per heavy atom. The molecule has 90 valence electrons. The number of hydrogen-bond donors (Lipinski definition) is 2. The Bertz CT molecular complexity index is 264. The fourth-order valence-electron chi connectivity index (χ4n) is 1.62. The lowest BCUT2D eigenvalue weighted by atomic mass is 10.1. The van der Waals surface area contributed by atoms with Gasteiger partial charge in [0.25, 0.3) is 0 Å². The number of rotatable bonds is 8. The average molecular weight is 223 g/mol. The molecule has 0 aromatic heterocycles. The van der Waals surface area contributed by atoms with Crippen molar-refractivity contribution >= 4 is 0 Å². The molecule has 0 aliphatic heterocycles. The van der Waals surface area contributed by atoms with E-state index in [1.54, 1.807) is 7.11 Å². The number of aliphatic hydroxyl groups excluding tert-OH is 1. The lowest BCUT2D eigenvalue weighted by Gasteiger charge is -2.16. The van der Waals surface area contributed by atoms with Gasteiger partial charge in [0, 0.05) is 19.8 Å². The van der Waals surface area contributed by atoms with Gasteiger partial charge >= 0.3 is 0 Å². The second-order valence-electron chi connectivity index (χ2n) is 3.87. The minimum atomic E-state index is 0.138. The van der Waals surface area contributed by atoms with Crippen LogP contribution in [0.2, 0.25) is 0 Å². The summed E-state index contributed by atoms with van der Waals surface area (Å²) in [6.07, 6.45) is 1.84. The third-order valence-corrected chi connectivity index (χ3v) is 2.50. The highest BCUT2D eigenvalue weighted by molar-refractivity contribution is 5.15. The van der Waals surface area contributed by atoms with Crippen LogP contribution in [-0.4, -0.2) is 38.0 Å². The molecule has 0 spiro atoms. The van der Waals surface area contributed by atoms with Crippen LogP contribution in [0.25, 0.3) is 0 Å². The van der Waals surface area contributed by atoms with E-state index >= 15 is 0 Å². The van der Waals surface area contributed by atoms with Crippen molar-refractivity contribution < 1.29 is 9.84 Å². The van der Waals surface area contributed by atoms with Gasteiger partial charge in [-0.2, -0.15) is 0 Å². The maximum atomic E-state index is 9.25. The number of benzene rings is 1. The van der Waals surface area contributed by atoms with Crippen molar-refractivity contribution in [3.05, 3.63) is 35.9 Å². The highest BCUT2D eigenvalue weighted by Gasteiger charge is 2.06. The fraction of sp³-hybridized carbons (Fsp3) is 0.538. The molecule has 2 N–H and O–H groups in total. The molecule has 0 radical (unpaired) electrons. The third kappa shape index (κ3) is 5.26. The Balaban J connectivity index is 2.26. The largest absolute Gasteiger partial charge is 0.395 e. The van der Waals surface area contributed by atoms with Crippen molar-refractivity contribution in [2.75, 3.05) is 26.9 Å². The zero-order valence-corrected chi connectivity index (χ0v) is 9.86. The number of ether oxygens (including phenoxy) is 1. The van der Waals surface area contributed by atoms with Crippen LogP contribution in [0, 0.1) is 0 Å². The van der Waals surface area contributed by atoms with Gasteiger partial charge in [0.2, 0.25) is 0 Å². The summed E-state index contributed by atoms with van der Waals surface area (Å²) in [5, 5.41) is 12.6. The fourth-order valence-corrected chi connectivity index (χ4v) is 1.62. The van der Waals surface area contributed by atoms with Crippen LogP contribution < -0.4 is 5.32 Å². The summed E-state index contributed by atoms with van der Waals surface area (Å²) in [5.74, 6) is 0. The molecular weight excluding hydrogens is 202 g/mol. The zero-order chi connectivity index (χ0) is 11.6. The normalized spacial score (nSPS) is 12.6. The van der Waals surface area contributed by atoms with Crippen molar-refractivity contribution in [3.8, 4) is 0 Å². The summed E-state index contributed by atoms with van der Waals surface area (Å²) in [5.41, 5.74) is 1.25. The van der Waals surface area contributed by atoms with E-state index in [9.17, 15) is 5.11 Å². The van der Waals surface area contributed by atoms with Crippen LogP contribution in [0.4, 0.5) is 0 Å². The lowest BCUT2D eigenvalue weighted by molar-refractivity contribution is 0.188. The van der Waals surface area contributed by atoms with E-state index in [0.717, 1.165) is 26.0 Å². The van der Waals surface area contributed by atoms with E-state index in [2.05, 4.69) is 17.4 Å². The standard InChI is InChI=1S/C13H21NO2/c1-16-9-5-8-14-13(11-15)10-12-6-3-2-4-7-12/h2-4,6-7,13-15H,5,8-11H2,1H3. The molecule has 1 atom stereocenters. The molecule has 1 aromatic rings. The number of aliphatic hydroxyl groups is 1. The van der Waals surface area contributed by atoms with Gasteiger partial charge in [-0.15, -0.1) is 0 Å². The molecule has 3 nitrogen and oxygen atoms in total. The van der Waals surface area contributed by atoms with E-state index < -0.39 is 0 Å². The first-order valence-corrected chi connectivity index (χ1v) is 5.74. The Kier molecular flexibility index (Phi) is 6.81. The van der Waals surface area contributed by atoms with Crippen LogP contribution in [-0.2, 0) is 11.2 Å². The van der Waals surface area contributed by atoms with Crippen molar-refractivity contribution in [2.45, 2.75) is 18.9 Å². The van der Waals surface area contributed by atoms with Crippen LogP contribution in [0.15, 0.2) is 30.3 Å². The van der Waals surface area contributed by atoms with Gasteiger partial charge in [-0.3, -0.25) is 0 Å². The van der Waals surface area contributed by atoms with E-state index in [0.29, 0.717) is 0 Å². The van der Waals surface area contributed by atoms with Crippen molar-refractivity contribution in [1.29, 1.82) is 0 Å². The first kappa shape index (κ1) is 13.2. The van der Waals surface area contributed by atoms with Crippen molar-refractivity contribution in [2.24, 2.45) is 0 Å². The lowest BCUT2D eigenvalue weighted by Crippen LogP contribution is -2.35. The van der Waals surface area contributed by atoms with Crippen LogP contribution >= 0.6 is 0 Å².